The van der Waals surface area contributed by atoms with E-state index >= 15 is 0 Å². The van der Waals surface area contributed by atoms with Crippen molar-refractivity contribution in [3.05, 3.63) is 0 Å². The van der Waals surface area contributed by atoms with E-state index < -0.39 is 45.0 Å². The second kappa shape index (κ2) is 6.67. The normalized spacial score (nSPS) is 35.5. The Morgan fingerprint density at radius 3 is 2.47 bits per heavy atom. The van der Waals surface area contributed by atoms with Gasteiger partial charge in [0.2, 0.25) is 0 Å². The van der Waals surface area contributed by atoms with E-state index in [-0.39, 0.29) is 32.0 Å². The van der Waals surface area contributed by atoms with Gasteiger partial charge in [0.25, 0.3) is 10.1 Å². The van der Waals surface area contributed by atoms with Crippen LogP contribution in [-0.4, -0.2) is 54.6 Å². The minimum atomic E-state index is -3.46. The van der Waals surface area contributed by atoms with Crippen molar-refractivity contribution < 1.29 is 37.8 Å². The zero-order chi connectivity index (χ0) is 13.9. The quantitative estimate of drug-likeness (QED) is 0.546. The summed E-state index contributed by atoms with van der Waals surface area (Å²) in [6.07, 6.45) is -0.925. The van der Waals surface area contributed by atoms with E-state index in [2.05, 4.69) is 8.37 Å². The van der Waals surface area contributed by atoms with Crippen LogP contribution >= 0.6 is 0 Å². The standard InChI is InChI=1S/C7H12O9S3/c8-17(13-4-7-5-14-18(9)15-7)12-3-6-1-2-19(10,11)16-6/h6-7H,1-5H2. The maximum Gasteiger partial charge on any atom is 0.305 e. The zero-order valence-electron chi connectivity index (χ0n) is 9.59. The van der Waals surface area contributed by atoms with Crippen LogP contribution in [0, 0.1) is 0 Å². The van der Waals surface area contributed by atoms with Crippen LogP contribution in [0.4, 0.5) is 0 Å². The molecule has 2 aliphatic heterocycles. The SMILES string of the molecule is O=S(OCC1COS(=O)O1)OCC1CCS(=O)(=O)O1. The lowest BCUT2D eigenvalue weighted by molar-refractivity contribution is 0.122. The van der Waals surface area contributed by atoms with E-state index in [1.54, 1.807) is 0 Å². The summed E-state index contributed by atoms with van der Waals surface area (Å²) in [5.41, 5.74) is 0. The lowest BCUT2D eigenvalue weighted by Gasteiger charge is -2.09. The predicted molar refractivity (Wildman–Crippen MR) is 62.3 cm³/mol. The minimum absolute atomic E-state index is 0.0758. The molecule has 19 heavy (non-hydrogen) atoms. The Morgan fingerprint density at radius 2 is 1.95 bits per heavy atom. The van der Waals surface area contributed by atoms with Gasteiger partial charge in [-0.3, -0.25) is 20.9 Å². The molecule has 2 rings (SSSR count). The largest absolute Gasteiger partial charge is 0.305 e. The summed E-state index contributed by atoms with van der Waals surface area (Å²) in [7, 11) is -3.46. The Hall–Kier alpha value is 0.0500. The lowest BCUT2D eigenvalue weighted by Crippen LogP contribution is -2.21. The molecule has 0 bridgehead atoms. The third-order valence-corrected chi connectivity index (χ3v) is 4.95. The molecule has 0 saturated carbocycles. The summed E-state index contributed by atoms with van der Waals surface area (Å²) >= 11 is -3.85. The van der Waals surface area contributed by atoms with Crippen molar-refractivity contribution in [2.24, 2.45) is 0 Å². The van der Waals surface area contributed by atoms with Crippen molar-refractivity contribution in [1.29, 1.82) is 0 Å². The highest BCUT2D eigenvalue weighted by Crippen LogP contribution is 2.16. The molecule has 0 aromatic carbocycles. The number of hydrogen-bond donors (Lipinski definition) is 0. The maximum absolute atomic E-state index is 11.3. The molecule has 4 unspecified atom stereocenters. The topological polar surface area (TPSA) is 114 Å². The molecular weight excluding hydrogens is 324 g/mol. The molecule has 0 radical (unpaired) electrons. The fourth-order valence-electron chi connectivity index (χ4n) is 1.36. The van der Waals surface area contributed by atoms with Gasteiger partial charge in [-0.15, -0.1) is 0 Å². The lowest BCUT2D eigenvalue weighted by atomic mass is 10.3. The van der Waals surface area contributed by atoms with Crippen molar-refractivity contribution in [2.45, 2.75) is 18.6 Å². The van der Waals surface area contributed by atoms with E-state index in [9.17, 15) is 16.8 Å². The molecule has 9 nitrogen and oxygen atoms in total. The predicted octanol–water partition coefficient (Wildman–Crippen LogP) is -1.29. The van der Waals surface area contributed by atoms with Crippen molar-refractivity contribution in [3.8, 4) is 0 Å². The summed E-state index contributed by atoms with van der Waals surface area (Å²) < 4.78 is 67.5. The summed E-state index contributed by atoms with van der Waals surface area (Å²) in [6, 6.07) is 0. The Balaban J connectivity index is 1.61. The van der Waals surface area contributed by atoms with E-state index in [0.29, 0.717) is 0 Å². The fourth-order valence-corrected chi connectivity index (χ4v) is 3.82. The van der Waals surface area contributed by atoms with Crippen LogP contribution in [0.3, 0.4) is 0 Å². The van der Waals surface area contributed by atoms with Gasteiger partial charge in [-0.05, 0) is 6.42 Å². The van der Waals surface area contributed by atoms with Crippen LogP contribution in [0.1, 0.15) is 6.42 Å². The second-order valence-electron chi connectivity index (χ2n) is 3.75. The molecule has 2 aliphatic rings. The molecule has 0 N–H and O–H groups in total. The molecule has 2 saturated heterocycles. The molecule has 4 atom stereocenters. The average molecular weight is 336 g/mol. The monoisotopic (exact) mass is 336 g/mol. The van der Waals surface area contributed by atoms with Crippen molar-refractivity contribution >= 4 is 32.8 Å². The third-order valence-electron chi connectivity index (χ3n) is 2.24. The molecule has 0 aromatic rings. The van der Waals surface area contributed by atoms with Crippen LogP contribution < -0.4 is 0 Å². The van der Waals surface area contributed by atoms with Gasteiger partial charge in [-0.1, -0.05) is 0 Å². The van der Waals surface area contributed by atoms with Gasteiger partial charge in [0.1, 0.15) is 12.2 Å². The highest BCUT2D eigenvalue weighted by Gasteiger charge is 2.30. The highest BCUT2D eigenvalue weighted by molar-refractivity contribution is 7.86. The van der Waals surface area contributed by atoms with Crippen molar-refractivity contribution in [1.82, 2.24) is 0 Å². The van der Waals surface area contributed by atoms with E-state index in [0.717, 1.165) is 0 Å². The minimum Gasteiger partial charge on any atom is -0.266 e. The van der Waals surface area contributed by atoms with Crippen molar-refractivity contribution in [3.63, 3.8) is 0 Å². The van der Waals surface area contributed by atoms with Gasteiger partial charge in [0.05, 0.1) is 25.6 Å². The summed E-state index contributed by atoms with van der Waals surface area (Å²) in [6.45, 7) is -0.185. The Kier molecular flexibility index (Phi) is 5.42. The smallest absolute Gasteiger partial charge is 0.266 e. The molecule has 0 amide bonds. The molecule has 12 heteroatoms. The Bertz CT molecular complexity index is 460. The first-order valence-electron chi connectivity index (χ1n) is 5.26. The van der Waals surface area contributed by atoms with Gasteiger partial charge in [0, 0.05) is 0 Å². The molecule has 112 valence electrons. The van der Waals surface area contributed by atoms with Gasteiger partial charge in [0.15, 0.2) is 0 Å². The molecule has 0 spiro atoms. The molecule has 0 aromatic heterocycles. The van der Waals surface area contributed by atoms with E-state index in [4.69, 9.17) is 12.5 Å². The molecular formula is C7H12O9S3. The molecule has 2 fully saturated rings. The van der Waals surface area contributed by atoms with Crippen LogP contribution in [0.2, 0.25) is 0 Å². The van der Waals surface area contributed by atoms with Crippen LogP contribution in [0.15, 0.2) is 0 Å². The van der Waals surface area contributed by atoms with Crippen LogP contribution in [0.25, 0.3) is 0 Å². The first-order chi connectivity index (χ1) is 8.94. The zero-order valence-corrected chi connectivity index (χ0v) is 12.0. The Labute approximate surface area is 115 Å². The van der Waals surface area contributed by atoms with Crippen LogP contribution in [0.5, 0.6) is 0 Å². The first-order valence-corrected chi connectivity index (χ1v) is 8.84. The van der Waals surface area contributed by atoms with Gasteiger partial charge in [-0.25, -0.2) is 0 Å². The number of rotatable bonds is 6. The van der Waals surface area contributed by atoms with Gasteiger partial charge in [-0.2, -0.15) is 16.8 Å². The maximum atomic E-state index is 11.3. The summed E-state index contributed by atoms with van der Waals surface area (Å²) in [5, 5.41) is 0. The van der Waals surface area contributed by atoms with Crippen molar-refractivity contribution in [2.75, 3.05) is 25.6 Å². The first kappa shape index (κ1) is 15.4. The van der Waals surface area contributed by atoms with E-state index in [1.807, 2.05) is 0 Å². The highest BCUT2D eigenvalue weighted by atomic mass is 32.2. The average Bonchev–Trinajstić information content (AvgIpc) is 2.90. The molecule has 0 aliphatic carbocycles. The fraction of sp³-hybridized carbons (Fsp3) is 1.00. The third kappa shape index (κ3) is 5.15. The van der Waals surface area contributed by atoms with Gasteiger partial charge >= 0.3 is 22.7 Å². The Morgan fingerprint density at radius 1 is 1.26 bits per heavy atom. The van der Waals surface area contributed by atoms with Crippen LogP contribution in [-0.2, 0) is 53.8 Å². The summed E-state index contributed by atoms with van der Waals surface area (Å²) in [5.74, 6) is -0.0758. The van der Waals surface area contributed by atoms with E-state index in [1.165, 1.54) is 0 Å². The second-order valence-corrected chi connectivity index (χ2v) is 7.18. The van der Waals surface area contributed by atoms with Gasteiger partial charge < -0.3 is 0 Å². The molecule has 2 heterocycles. The number of hydrogen-bond acceptors (Lipinski definition) is 9. The summed E-state index contributed by atoms with van der Waals surface area (Å²) in [4.78, 5) is 0.